The average molecular weight is 347 g/mol. The van der Waals surface area contributed by atoms with Gasteiger partial charge in [0.15, 0.2) is 5.15 Å². The Labute approximate surface area is 126 Å². The third-order valence-electron chi connectivity index (χ3n) is 3.47. The van der Waals surface area contributed by atoms with Gasteiger partial charge in [-0.1, -0.05) is 24.9 Å². The molecule has 0 saturated carbocycles. The lowest BCUT2D eigenvalue weighted by Gasteiger charge is -2.28. The first-order chi connectivity index (χ1) is 9.10. The summed E-state index contributed by atoms with van der Waals surface area (Å²) in [4.78, 5) is 16.2. The predicted octanol–water partition coefficient (Wildman–Crippen LogP) is 3.21. The lowest BCUT2D eigenvalue weighted by Crippen LogP contribution is -2.46. The van der Waals surface area contributed by atoms with E-state index in [1.54, 1.807) is 12.3 Å². The number of hydrogen-bond acceptors (Lipinski definition) is 3. The Kier molecular flexibility index (Phi) is 5.19. The number of nitrogens with zero attached hydrogens (tertiary/aromatic N) is 1. The molecule has 2 rings (SSSR count). The molecule has 2 N–H and O–H groups in total. The van der Waals surface area contributed by atoms with Crippen molar-refractivity contribution in [1.29, 1.82) is 0 Å². The summed E-state index contributed by atoms with van der Waals surface area (Å²) in [5.41, 5.74) is 0.543. The molecule has 1 aromatic rings. The van der Waals surface area contributed by atoms with E-state index in [1.807, 2.05) is 0 Å². The van der Waals surface area contributed by atoms with Gasteiger partial charge in [0.1, 0.15) is 0 Å². The summed E-state index contributed by atoms with van der Waals surface area (Å²) in [7, 11) is 0. The lowest BCUT2D eigenvalue weighted by molar-refractivity contribution is -0.119. The molecule has 0 aromatic carbocycles. The fourth-order valence-corrected chi connectivity index (χ4v) is 2.78. The molecule has 19 heavy (non-hydrogen) atoms. The van der Waals surface area contributed by atoms with E-state index in [2.05, 4.69) is 38.5 Å². The number of aromatic nitrogens is 1. The second-order valence-corrected chi connectivity index (χ2v) is 6.06. The highest BCUT2D eigenvalue weighted by molar-refractivity contribution is 9.10. The van der Waals surface area contributed by atoms with Crippen molar-refractivity contribution in [2.45, 2.75) is 32.2 Å². The number of piperidine rings is 1. The van der Waals surface area contributed by atoms with Crippen molar-refractivity contribution < 1.29 is 4.79 Å². The monoisotopic (exact) mass is 345 g/mol. The van der Waals surface area contributed by atoms with Gasteiger partial charge in [0, 0.05) is 10.7 Å². The average Bonchev–Trinajstić information content (AvgIpc) is 2.43. The van der Waals surface area contributed by atoms with Crippen molar-refractivity contribution in [3.05, 3.63) is 21.9 Å². The van der Waals surface area contributed by atoms with E-state index < -0.39 is 0 Å². The molecule has 1 aliphatic rings. The smallest absolute Gasteiger partial charge is 0.241 e. The highest BCUT2D eigenvalue weighted by Crippen LogP contribution is 2.24. The van der Waals surface area contributed by atoms with Gasteiger partial charge >= 0.3 is 0 Å². The molecule has 6 heteroatoms. The molecule has 2 unspecified atom stereocenters. The maximum absolute atomic E-state index is 12.2. The summed E-state index contributed by atoms with van der Waals surface area (Å²) >= 11 is 9.28. The molecule has 1 aliphatic heterocycles. The van der Waals surface area contributed by atoms with E-state index in [0.29, 0.717) is 16.8 Å². The molecule has 104 valence electrons. The second kappa shape index (κ2) is 6.68. The molecule has 1 aromatic heterocycles. The van der Waals surface area contributed by atoms with Crippen LogP contribution in [0.15, 0.2) is 16.7 Å². The normalized spacial score (nSPS) is 23.1. The summed E-state index contributed by atoms with van der Waals surface area (Å²) in [6, 6.07) is 1.61. The van der Waals surface area contributed by atoms with Gasteiger partial charge in [0.05, 0.1) is 11.7 Å². The number of nitrogens with one attached hydrogen (secondary N) is 2. The minimum absolute atomic E-state index is 0.0417. The van der Waals surface area contributed by atoms with Crippen LogP contribution in [0.1, 0.15) is 26.2 Å². The van der Waals surface area contributed by atoms with E-state index in [-0.39, 0.29) is 11.9 Å². The Bertz CT molecular complexity index is 469. The van der Waals surface area contributed by atoms with Crippen LogP contribution >= 0.6 is 27.5 Å². The molecule has 1 saturated heterocycles. The lowest BCUT2D eigenvalue weighted by atomic mass is 9.90. The minimum atomic E-state index is -0.145. The topological polar surface area (TPSA) is 54.0 Å². The van der Waals surface area contributed by atoms with Gasteiger partial charge < -0.3 is 10.6 Å². The Morgan fingerprint density at radius 2 is 2.47 bits per heavy atom. The maximum atomic E-state index is 12.2. The van der Waals surface area contributed by atoms with Gasteiger partial charge in [0.25, 0.3) is 0 Å². The SMILES string of the molecule is CCC1CCNC(C(=O)Nc2cc(Br)cnc2Cl)C1. The summed E-state index contributed by atoms with van der Waals surface area (Å²) in [5, 5.41) is 6.39. The summed E-state index contributed by atoms with van der Waals surface area (Å²) in [5.74, 6) is 0.577. The van der Waals surface area contributed by atoms with Crippen molar-refractivity contribution in [3.8, 4) is 0 Å². The van der Waals surface area contributed by atoms with Crippen molar-refractivity contribution in [1.82, 2.24) is 10.3 Å². The van der Waals surface area contributed by atoms with Crippen LogP contribution in [0.4, 0.5) is 5.69 Å². The Hall–Kier alpha value is -0.650. The van der Waals surface area contributed by atoms with Gasteiger partial charge in [0.2, 0.25) is 5.91 Å². The minimum Gasteiger partial charge on any atom is -0.322 e. The van der Waals surface area contributed by atoms with Gasteiger partial charge in [-0.2, -0.15) is 0 Å². The van der Waals surface area contributed by atoms with E-state index in [0.717, 1.165) is 30.3 Å². The van der Waals surface area contributed by atoms with Crippen LogP contribution in [0.25, 0.3) is 0 Å². The van der Waals surface area contributed by atoms with Crippen molar-refractivity contribution >= 4 is 39.1 Å². The first kappa shape index (κ1) is 14.8. The fraction of sp³-hybridized carbons (Fsp3) is 0.538. The number of carbonyl (C=O) groups is 1. The summed E-state index contributed by atoms with van der Waals surface area (Å²) in [6.07, 6.45) is 4.73. The predicted molar refractivity (Wildman–Crippen MR) is 80.4 cm³/mol. The number of amides is 1. The van der Waals surface area contributed by atoms with Crippen LogP contribution in [0.5, 0.6) is 0 Å². The first-order valence-electron chi connectivity index (χ1n) is 6.45. The van der Waals surface area contributed by atoms with Crippen molar-refractivity contribution in [3.63, 3.8) is 0 Å². The molecule has 1 amide bonds. The third kappa shape index (κ3) is 3.91. The number of pyridine rings is 1. The largest absolute Gasteiger partial charge is 0.322 e. The van der Waals surface area contributed by atoms with E-state index in [4.69, 9.17) is 11.6 Å². The van der Waals surface area contributed by atoms with Gasteiger partial charge in [-0.05, 0) is 47.3 Å². The highest BCUT2D eigenvalue weighted by Gasteiger charge is 2.26. The van der Waals surface area contributed by atoms with Crippen molar-refractivity contribution in [2.24, 2.45) is 5.92 Å². The number of halogens is 2. The first-order valence-corrected chi connectivity index (χ1v) is 7.62. The van der Waals surface area contributed by atoms with Crippen molar-refractivity contribution in [2.75, 3.05) is 11.9 Å². The quantitative estimate of drug-likeness (QED) is 0.826. The molecule has 0 spiro atoms. The van der Waals surface area contributed by atoms with Crippen LogP contribution in [0.2, 0.25) is 5.15 Å². The zero-order chi connectivity index (χ0) is 13.8. The Morgan fingerprint density at radius 1 is 1.68 bits per heavy atom. The van der Waals surface area contributed by atoms with E-state index >= 15 is 0 Å². The molecular weight excluding hydrogens is 330 g/mol. The van der Waals surface area contributed by atoms with Crippen LogP contribution < -0.4 is 10.6 Å². The summed E-state index contributed by atoms with van der Waals surface area (Å²) < 4.78 is 0.787. The fourth-order valence-electron chi connectivity index (χ4n) is 2.30. The zero-order valence-corrected chi connectivity index (χ0v) is 13.1. The van der Waals surface area contributed by atoms with Crippen LogP contribution in [0.3, 0.4) is 0 Å². The highest BCUT2D eigenvalue weighted by atomic mass is 79.9. The molecular formula is C13H17BrClN3O. The number of anilines is 1. The number of hydrogen-bond donors (Lipinski definition) is 2. The standard InChI is InChI=1S/C13H17BrClN3O/c1-2-8-3-4-16-11(5-8)13(19)18-10-6-9(14)7-17-12(10)15/h6-8,11,16H,2-5H2,1H3,(H,18,19). The molecule has 0 bridgehead atoms. The molecule has 1 fully saturated rings. The van der Waals surface area contributed by atoms with Gasteiger partial charge in [-0.25, -0.2) is 4.98 Å². The maximum Gasteiger partial charge on any atom is 0.241 e. The zero-order valence-electron chi connectivity index (χ0n) is 10.7. The molecule has 2 heterocycles. The molecule has 4 nitrogen and oxygen atoms in total. The molecule has 2 atom stereocenters. The third-order valence-corrected chi connectivity index (χ3v) is 4.20. The van der Waals surface area contributed by atoms with Crippen LogP contribution in [-0.4, -0.2) is 23.5 Å². The number of carbonyl (C=O) groups excluding carboxylic acids is 1. The molecule has 0 radical (unpaired) electrons. The molecule has 0 aliphatic carbocycles. The van der Waals surface area contributed by atoms with Gasteiger partial charge in [-0.15, -0.1) is 0 Å². The Morgan fingerprint density at radius 3 is 3.21 bits per heavy atom. The van der Waals surface area contributed by atoms with E-state index in [1.165, 1.54) is 0 Å². The second-order valence-electron chi connectivity index (χ2n) is 4.79. The number of rotatable bonds is 3. The summed E-state index contributed by atoms with van der Waals surface area (Å²) in [6.45, 7) is 3.06. The van der Waals surface area contributed by atoms with E-state index in [9.17, 15) is 4.79 Å². The van der Waals surface area contributed by atoms with Gasteiger partial charge in [-0.3, -0.25) is 4.79 Å². The van der Waals surface area contributed by atoms with Crippen LogP contribution in [-0.2, 0) is 4.79 Å². The Balaban J connectivity index is 2.02. The van der Waals surface area contributed by atoms with Crippen LogP contribution in [0, 0.1) is 5.92 Å².